The van der Waals surface area contributed by atoms with Crippen molar-refractivity contribution in [3.8, 4) is 0 Å². The van der Waals surface area contributed by atoms with Gasteiger partial charge in [-0.15, -0.1) is 0 Å². The number of benzene rings is 1. The molecular formula is C17H24BrNO2. The highest BCUT2D eigenvalue weighted by Crippen LogP contribution is 2.35. The van der Waals surface area contributed by atoms with Crippen LogP contribution in [-0.4, -0.2) is 31.5 Å². The van der Waals surface area contributed by atoms with Crippen LogP contribution >= 0.6 is 15.9 Å². The summed E-state index contributed by atoms with van der Waals surface area (Å²) < 4.78 is 12.8. The number of anilines is 1. The lowest BCUT2D eigenvalue weighted by atomic mass is 9.84. The molecule has 3 nitrogen and oxygen atoms in total. The molecule has 0 radical (unpaired) electrons. The Morgan fingerprint density at radius 1 is 1.29 bits per heavy atom. The molecule has 2 fully saturated rings. The lowest BCUT2D eigenvalue weighted by Gasteiger charge is -2.43. The molecule has 2 aliphatic rings. The largest absolute Gasteiger partial charge is 0.382 e. The van der Waals surface area contributed by atoms with E-state index in [0.717, 1.165) is 56.4 Å². The van der Waals surface area contributed by atoms with E-state index >= 15 is 0 Å². The minimum Gasteiger partial charge on any atom is -0.382 e. The first-order chi connectivity index (χ1) is 10.2. The maximum atomic E-state index is 6.12. The summed E-state index contributed by atoms with van der Waals surface area (Å²) in [7, 11) is 0. The van der Waals surface area contributed by atoms with Crippen molar-refractivity contribution in [1.82, 2.24) is 0 Å². The maximum absolute atomic E-state index is 6.12. The fourth-order valence-corrected chi connectivity index (χ4v) is 3.87. The smallest absolute Gasteiger partial charge is 0.0745 e. The summed E-state index contributed by atoms with van der Waals surface area (Å²) in [6.45, 7) is 4.74. The minimum atomic E-state index is 0.0515. The van der Waals surface area contributed by atoms with E-state index in [2.05, 4.69) is 46.4 Å². The van der Waals surface area contributed by atoms with Crippen LogP contribution in [0.2, 0.25) is 0 Å². The van der Waals surface area contributed by atoms with Crippen molar-refractivity contribution in [2.75, 3.05) is 25.1 Å². The number of aryl methyl sites for hydroxylation is 1. The highest BCUT2D eigenvalue weighted by molar-refractivity contribution is 9.10. The van der Waals surface area contributed by atoms with Crippen molar-refractivity contribution in [1.29, 1.82) is 0 Å². The lowest BCUT2D eigenvalue weighted by Crippen LogP contribution is -2.47. The van der Waals surface area contributed by atoms with E-state index in [9.17, 15) is 0 Å². The monoisotopic (exact) mass is 353 g/mol. The first-order valence-electron chi connectivity index (χ1n) is 7.97. The van der Waals surface area contributed by atoms with Gasteiger partial charge in [0.25, 0.3) is 0 Å². The molecule has 1 spiro atoms. The summed E-state index contributed by atoms with van der Waals surface area (Å²) in [6, 6.07) is 7.02. The molecular weight excluding hydrogens is 330 g/mol. The van der Waals surface area contributed by atoms with Crippen LogP contribution in [0.3, 0.4) is 0 Å². The molecule has 0 amide bonds. The molecule has 3 rings (SSSR count). The summed E-state index contributed by atoms with van der Waals surface area (Å²) in [5.41, 5.74) is 2.70. The first kappa shape index (κ1) is 15.3. The van der Waals surface area contributed by atoms with Gasteiger partial charge in [0.15, 0.2) is 0 Å². The number of halogens is 1. The van der Waals surface area contributed by atoms with Crippen molar-refractivity contribution >= 4 is 21.6 Å². The Morgan fingerprint density at radius 3 is 2.86 bits per heavy atom. The van der Waals surface area contributed by atoms with Crippen LogP contribution in [0.4, 0.5) is 5.69 Å². The van der Waals surface area contributed by atoms with Crippen LogP contribution in [-0.2, 0) is 15.9 Å². The van der Waals surface area contributed by atoms with Crippen LogP contribution in [0.1, 0.15) is 38.2 Å². The number of ether oxygens (including phenoxy) is 2. The summed E-state index contributed by atoms with van der Waals surface area (Å²) in [6.07, 6.45) is 5.29. The molecule has 1 aromatic carbocycles. The fourth-order valence-electron chi connectivity index (χ4n) is 3.46. The predicted molar refractivity (Wildman–Crippen MR) is 88.9 cm³/mol. The van der Waals surface area contributed by atoms with E-state index in [1.54, 1.807) is 0 Å². The summed E-state index contributed by atoms with van der Waals surface area (Å²) in [5.74, 6) is 0. The maximum Gasteiger partial charge on any atom is 0.0745 e. The molecule has 116 valence electrons. The topological polar surface area (TPSA) is 30.5 Å². The molecule has 21 heavy (non-hydrogen) atoms. The van der Waals surface area contributed by atoms with Crippen molar-refractivity contribution in [2.45, 2.75) is 50.7 Å². The molecule has 0 aliphatic carbocycles. The average Bonchev–Trinajstić information content (AvgIpc) is 2.50. The Bertz CT molecular complexity index is 480. The van der Waals surface area contributed by atoms with Crippen molar-refractivity contribution in [2.24, 2.45) is 0 Å². The van der Waals surface area contributed by atoms with Gasteiger partial charge in [0.05, 0.1) is 5.60 Å². The van der Waals surface area contributed by atoms with Gasteiger partial charge >= 0.3 is 0 Å². The van der Waals surface area contributed by atoms with Crippen LogP contribution in [0.25, 0.3) is 0 Å². The van der Waals surface area contributed by atoms with Crippen LogP contribution in [0, 0.1) is 0 Å². The zero-order valence-corrected chi connectivity index (χ0v) is 14.2. The normalized spacial score (nSPS) is 25.0. The standard InChI is InChI=1S/C17H24BrNO2/c1-2-13-11-14(18)3-4-16(13)19-15-5-8-21-17(12-15)6-9-20-10-7-17/h3-4,11,15,19H,2,5-10,12H2,1H3. The van der Waals surface area contributed by atoms with Gasteiger partial charge in [-0.2, -0.15) is 0 Å². The number of hydrogen-bond acceptors (Lipinski definition) is 3. The Kier molecular flexibility index (Phi) is 4.87. The zero-order valence-electron chi connectivity index (χ0n) is 12.7. The molecule has 2 aliphatic heterocycles. The quantitative estimate of drug-likeness (QED) is 0.885. The highest BCUT2D eigenvalue weighted by Gasteiger charge is 2.39. The molecule has 4 heteroatoms. The van der Waals surface area contributed by atoms with Crippen molar-refractivity contribution in [3.05, 3.63) is 28.2 Å². The van der Waals surface area contributed by atoms with E-state index in [0.29, 0.717) is 6.04 Å². The fraction of sp³-hybridized carbons (Fsp3) is 0.647. The molecule has 2 heterocycles. The Hall–Kier alpha value is -0.580. The number of rotatable bonds is 3. The van der Waals surface area contributed by atoms with E-state index in [1.165, 1.54) is 11.3 Å². The second-order valence-electron chi connectivity index (χ2n) is 6.13. The van der Waals surface area contributed by atoms with E-state index < -0.39 is 0 Å². The Morgan fingerprint density at radius 2 is 2.10 bits per heavy atom. The third-order valence-electron chi connectivity index (χ3n) is 4.70. The van der Waals surface area contributed by atoms with Gasteiger partial charge in [0.1, 0.15) is 0 Å². The predicted octanol–water partition coefficient (Wildman–Crippen LogP) is 4.15. The molecule has 1 unspecified atom stereocenters. The summed E-state index contributed by atoms with van der Waals surface area (Å²) >= 11 is 3.56. The van der Waals surface area contributed by atoms with Crippen LogP contribution < -0.4 is 5.32 Å². The van der Waals surface area contributed by atoms with Gasteiger partial charge < -0.3 is 14.8 Å². The van der Waals surface area contributed by atoms with Crippen molar-refractivity contribution < 1.29 is 9.47 Å². The van der Waals surface area contributed by atoms with Gasteiger partial charge in [0, 0.05) is 36.0 Å². The van der Waals surface area contributed by atoms with Gasteiger partial charge in [-0.1, -0.05) is 22.9 Å². The van der Waals surface area contributed by atoms with E-state index in [-0.39, 0.29) is 5.60 Å². The third-order valence-corrected chi connectivity index (χ3v) is 5.20. The summed E-state index contributed by atoms with van der Waals surface area (Å²) in [5, 5.41) is 3.76. The first-order valence-corrected chi connectivity index (χ1v) is 8.77. The number of hydrogen-bond donors (Lipinski definition) is 1. The molecule has 1 N–H and O–H groups in total. The molecule has 0 bridgehead atoms. The van der Waals surface area contributed by atoms with E-state index in [4.69, 9.17) is 9.47 Å². The van der Waals surface area contributed by atoms with Crippen LogP contribution in [0.5, 0.6) is 0 Å². The number of nitrogens with one attached hydrogen (secondary N) is 1. The molecule has 0 aromatic heterocycles. The Balaban J connectivity index is 1.70. The summed E-state index contributed by atoms with van der Waals surface area (Å²) in [4.78, 5) is 0. The average molecular weight is 354 g/mol. The second kappa shape index (κ2) is 6.67. The zero-order chi connectivity index (χ0) is 14.7. The SMILES string of the molecule is CCc1cc(Br)ccc1NC1CCOC2(CCOCC2)C1. The van der Waals surface area contributed by atoms with Crippen LogP contribution in [0.15, 0.2) is 22.7 Å². The second-order valence-corrected chi connectivity index (χ2v) is 7.05. The third kappa shape index (κ3) is 3.61. The van der Waals surface area contributed by atoms with Crippen molar-refractivity contribution in [3.63, 3.8) is 0 Å². The van der Waals surface area contributed by atoms with Gasteiger partial charge in [-0.05, 0) is 55.9 Å². The molecule has 0 saturated carbocycles. The molecule has 2 saturated heterocycles. The molecule has 1 atom stereocenters. The van der Waals surface area contributed by atoms with E-state index in [1.807, 2.05) is 0 Å². The minimum absolute atomic E-state index is 0.0515. The molecule has 1 aromatic rings. The Labute approximate surface area is 135 Å². The van der Waals surface area contributed by atoms with Gasteiger partial charge in [-0.25, -0.2) is 0 Å². The highest BCUT2D eigenvalue weighted by atomic mass is 79.9. The lowest BCUT2D eigenvalue weighted by molar-refractivity contribution is -0.135. The van der Waals surface area contributed by atoms with Gasteiger partial charge in [-0.3, -0.25) is 0 Å². The van der Waals surface area contributed by atoms with Gasteiger partial charge in [0.2, 0.25) is 0 Å².